The number of benzene rings is 1. The highest BCUT2D eigenvalue weighted by Crippen LogP contribution is 2.25. The third kappa shape index (κ3) is 3.99. The van der Waals surface area contributed by atoms with Crippen molar-refractivity contribution in [1.82, 2.24) is 10.1 Å². The smallest absolute Gasteiger partial charge is 0.264 e. The number of carbonyl (C=O) groups excluding carboxylic acids is 1. The van der Waals surface area contributed by atoms with Gasteiger partial charge in [0.25, 0.3) is 5.91 Å². The van der Waals surface area contributed by atoms with Gasteiger partial charge in [0.15, 0.2) is 5.76 Å². The fourth-order valence-corrected chi connectivity index (χ4v) is 3.57. The molecule has 25 heavy (non-hydrogen) atoms. The van der Waals surface area contributed by atoms with E-state index in [1.165, 1.54) is 16.9 Å². The Hall–Kier alpha value is -2.40. The Balaban J connectivity index is 1.79. The normalized spacial score (nSPS) is 10.8. The maximum atomic E-state index is 12.6. The Kier molecular flexibility index (Phi) is 5.34. The summed E-state index contributed by atoms with van der Waals surface area (Å²) in [5.74, 6) is 0.792. The van der Waals surface area contributed by atoms with E-state index in [1.807, 2.05) is 28.5 Å². The summed E-state index contributed by atoms with van der Waals surface area (Å²) < 4.78 is 5.54. The monoisotopic (exact) mass is 354 g/mol. The molecule has 2 heterocycles. The molecule has 0 aliphatic rings. The summed E-state index contributed by atoms with van der Waals surface area (Å²) in [5.41, 5.74) is 4.18. The lowest BCUT2D eigenvalue weighted by atomic mass is 10.0. The lowest BCUT2D eigenvalue weighted by Gasteiger charge is -2.20. The van der Waals surface area contributed by atoms with Gasteiger partial charge in [-0.1, -0.05) is 41.9 Å². The minimum atomic E-state index is 0.0490. The standard InChI is InChI=1S/C20H22N2O2S/c1-4-9-22(20(23)19-6-5-10-25-19)13-16-12-18(24-21-16)17-8-7-14(2)11-15(17)3/h5-8,10-12H,4,9,13H2,1-3H3. The van der Waals surface area contributed by atoms with Crippen LogP contribution in [0.5, 0.6) is 0 Å². The summed E-state index contributed by atoms with van der Waals surface area (Å²) in [6.45, 7) is 7.36. The third-order valence-corrected chi connectivity index (χ3v) is 4.93. The van der Waals surface area contributed by atoms with Gasteiger partial charge in [0.1, 0.15) is 5.69 Å². The molecule has 4 nitrogen and oxygen atoms in total. The molecule has 0 spiro atoms. The second-order valence-corrected chi connectivity index (χ2v) is 7.15. The van der Waals surface area contributed by atoms with Gasteiger partial charge in [-0.25, -0.2) is 0 Å². The predicted molar refractivity (Wildman–Crippen MR) is 101 cm³/mol. The van der Waals surface area contributed by atoms with E-state index >= 15 is 0 Å². The Bertz CT molecular complexity index is 852. The zero-order chi connectivity index (χ0) is 17.8. The van der Waals surface area contributed by atoms with Crippen molar-refractivity contribution in [3.63, 3.8) is 0 Å². The van der Waals surface area contributed by atoms with Crippen LogP contribution in [-0.2, 0) is 6.54 Å². The van der Waals surface area contributed by atoms with Gasteiger partial charge in [-0.3, -0.25) is 4.79 Å². The quantitative estimate of drug-likeness (QED) is 0.621. The van der Waals surface area contributed by atoms with Crippen molar-refractivity contribution in [2.24, 2.45) is 0 Å². The molecular formula is C20H22N2O2S. The number of hydrogen-bond acceptors (Lipinski definition) is 4. The molecule has 1 aromatic carbocycles. The number of aryl methyl sites for hydroxylation is 2. The molecule has 3 rings (SSSR count). The van der Waals surface area contributed by atoms with Crippen molar-refractivity contribution < 1.29 is 9.32 Å². The SMILES string of the molecule is CCCN(Cc1cc(-c2ccc(C)cc2C)on1)C(=O)c1cccs1. The second-order valence-electron chi connectivity index (χ2n) is 6.20. The fraction of sp³-hybridized carbons (Fsp3) is 0.300. The number of hydrogen-bond donors (Lipinski definition) is 0. The highest BCUT2D eigenvalue weighted by Gasteiger charge is 2.18. The first kappa shape index (κ1) is 17.4. The maximum Gasteiger partial charge on any atom is 0.264 e. The molecule has 0 unspecified atom stereocenters. The van der Waals surface area contributed by atoms with Crippen LogP contribution in [0.1, 0.15) is 39.8 Å². The van der Waals surface area contributed by atoms with E-state index in [0.29, 0.717) is 13.1 Å². The van der Waals surface area contributed by atoms with Crippen LogP contribution in [0.4, 0.5) is 0 Å². The molecule has 0 saturated heterocycles. The van der Waals surface area contributed by atoms with Crippen molar-refractivity contribution in [2.45, 2.75) is 33.7 Å². The van der Waals surface area contributed by atoms with Gasteiger partial charge in [-0.2, -0.15) is 0 Å². The maximum absolute atomic E-state index is 12.6. The van der Waals surface area contributed by atoms with Crippen LogP contribution in [0.3, 0.4) is 0 Å². The molecular weight excluding hydrogens is 332 g/mol. The third-order valence-electron chi connectivity index (χ3n) is 4.07. The average molecular weight is 354 g/mol. The van der Waals surface area contributed by atoms with E-state index in [4.69, 9.17) is 4.52 Å². The van der Waals surface area contributed by atoms with Gasteiger partial charge in [-0.05, 0) is 37.3 Å². The fourth-order valence-electron chi connectivity index (χ4n) is 2.88. The van der Waals surface area contributed by atoms with Crippen LogP contribution in [-0.4, -0.2) is 22.5 Å². The van der Waals surface area contributed by atoms with Crippen LogP contribution < -0.4 is 0 Å². The van der Waals surface area contributed by atoms with Gasteiger partial charge < -0.3 is 9.42 Å². The van der Waals surface area contributed by atoms with Crippen molar-refractivity contribution in [2.75, 3.05) is 6.54 Å². The highest BCUT2D eigenvalue weighted by molar-refractivity contribution is 7.12. The van der Waals surface area contributed by atoms with Crippen molar-refractivity contribution in [3.8, 4) is 11.3 Å². The zero-order valence-electron chi connectivity index (χ0n) is 14.8. The minimum absolute atomic E-state index is 0.0490. The number of carbonyl (C=O) groups is 1. The molecule has 0 atom stereocenters. The average Bonchev–Trinajstić information content (AvgIpc) is 3.25. The Labute approximate surface area is 152 Å². The summed E-state index contributed by atoms with van der Waals surface area (Å²) >= 11 is 1.47. The van der Waals surface area contributed by atoms with E-state index in [0.717, 1.165) is 33.9 Å². The lowest BCUT2D eigenvalue weighted by Crippen LogP contribution is -2.30. The van der Waals surface area contributed by atoms with Crippen LogP contribution in [0.2, 0.25) is 0 Å². The van der Waals surface area contributed by atoms with E-state index in [-0.39, 0.29) is 5.91 Å². The second kappa shape index (κ2) is 7.66. The number of aromatic nitrogens is 1. The first-order valence-electron chi connectivity index (χ1n) is 8.44. The van der Waals surface area contributed by atoms with E-state index in [2.05, 4.69) is 44.1 Å². The molecule has 130 valence electrons. The molecule has 3 aromatic rings. The molecule has 0 saturated carbocycles. The molecule has 5 heteroatoms. The molecule has 0 bridgehead atoms. The van der Waals surface area contributed by atoms with Crippen LogP contribution in [0.15, 0.2) is 46.3 Å². The summed E-state index contributed by atoms with van der Waals surface area (Å²) in [4.78, 5) is 15.2. The van der Waals surface area contributed by atoms with Gasteiger partial charge in [0.05, 0.1) is 11.4 Å². The molecule has 1 amide bonds. The number of nitrogens with zero attached hydrogens (tertiary/aromatic N) is 2. The van der Waals surface area contributed by atoms with E-state index in [1.54, 1.807) is 0 Å². The minimum Gasteiger partial charge on any atom is -0.356 e. The Morgan fingerprint density at radius 3 is 2.76 bits per heavy atom. The van der Waals surface area contributed by atoms with Crippen molar-refractivity contribution in [3.05, 3.63) is 63.5 Å². The molecule has 0 radical (unpaired) electrons. The van der Waals surface area contributed by atoms with E-state index in [9.17, 15) is 4.79 Å². The summed E-state index contributed by atoms with van der Waals surface area (Å²) in [6.07, 6.45) is 0.902. The topological polar surface area (TPSA) is 46.3 Å². The van der Waals surface area contributed by atoms with Gasteiger partial charge >= 0.3 is 0 Å². The van der Waals surface area contributed by atoms with Crippen LogP contribution in [0, 0.1) is 13.8 Å². The van der Waals surface area contributed by atoms with Gasteiger partial charge in [0, 0.05) is 18.2 Å². The van der Waals surface area contributed by atoms with E-state index < -0.39 is 0 Å². The van der Waals surface area contributed by atoms with Crippen LogP contribution in [0.25, 0.3) is 11.3 Å². The molecule has 0 N–H and O–H groups in total. The largest absolute Gasteiger partial charge is 0.356 e. The van der Waals surface area contributed by atoms with Crippen molar-refractivity contribution >= 4 is 17.2 Å². The highest BCUT2D eigenvalue weighted by atomic mass is 32.1. The number of rotatable bonds is 6. The molecule has 2 aromatic heterocycles. The summed E-state index contributed by atoms with van der Waals surface area (Å²) in [6, 6.07) is 11.9. The summed E-state index contributed by atoms with van der Waals surface area (Å²) in [7, 11) is 0. The Morgan fingerprint density at radius 2 is 2.08 bits per heavy atom. The Morgan fingerprint density at radius 1 is 1.24 bits per heavy atom. The van der Waals surface area contributed by atoms with Gasteiger partial charge in [-0.15, -0.1) is 11.3 Å². The first-order chi connectivity index (χ1) is 12.1. The van der Waals surface area contributed by atoms with Crippen LogP contribution >= 0.6 is 11.3 Å². The number of thiophene rings is 1. The van der Waals surface area contributed by atoms with Crippen molar-refractivity contribution in [1.29, 1.82) is 0 Å². The zero-order valence-corrected chi connectivity index (χ0v) is 15.6. The molecule has 0 aliphatic carbocycles. The predicted octanol–water partition coefficient (Wildman–Crippen LogP) is 5.07. The van der Waals surface area contributed by atoms with Gasteiger partial charge in [0.2, 0.25) is 0 Å². The summed E-state index contributed by atoms with van der Waals surface area (Å²) in [5, 5.41) is 6.10. The number of amides is 1. The molecule has 0 aliphatic heterocycles. The lowest BCUT2D eigenvalue weighted by molar-refractivity contribution is 0.0744. The first-order valence-corrected chi connectivity index (χ1v) is 9.32. The molecule has 0 fully saturated rings.